The number of hydrogen-bond acceptors (Lipinski definition) is 5. The van der Waals surface area contributed by atoms with Crippen molar-refractivity contribution < 1.29 is 29.0 Å². The maximum absolute atomic E-state index is 12.2. The van der Waals surface area contributed by atoms with Gasteiger partial charge in [-0.15, -0.1) is 0 Å². The minimum Gasteiger partial charge on any atom is -0.481 e. The molecule has 6 rings (SSSR count). The fourth-order valence-electron chi connectivity index (χ4n) is 9.16. The highest BCUT2D eigenvalue weighted by molar-refractivity contribution is 5.68. The summed E-state index contributed by atoms with van der Waals surface area (Å²) in [5.74, 6) is 2.57. The number of carboxylic acids is 1. The molecule has 6 nitrogen and oxygen atoms in total. The van der Waals surface area contributed by atoms with Crippen molar-refractivity contribution in [2.45, 2.75) is 103 Å². The second-order valence-electron chi connectivity index (χ2n) is 12.7. The molecule has 0 aliphatic heterocycles. The van der Waals surface area contributed by atoms with Gasteiger partial charge in [0.1, 0.15) is 11.9 Å². The van der Waals surface area contributed by atoms with E-state index >= 15 is 0 Å². The fraction of sp³-hybridized carbons (Fsp3) is 0.767. The molecular formula is C30H42O6. The predicted octanol–water partition coefficient (Wildman–Crippen LogP) is 6.20. The topological polar surface area (TPSA) is 89.9 Å². The first-order chi connectivity index (χ1) is 17.2. The predicted molar refractivity (Wildman–Crippen MR) is 135 cm³/mol. The molecule has 0 aromatic heterocycles. The van der Waals surface area contributed by atoms with Crippen LogP contribution in [0.2, 0.25) is 0 Å². The van der Waals surface area contributed by atoms with Gasteiger partial charge in [0.15, 0.2) is 0 Å². The molecule has 6 aliphatic carbocycles. The smallest absolute Gasteiger partial charge is 0.307 e. The monoisotopic (exact) mass is 498 g/mol. The lowest BCUT2D eigenvalue weighted by Gasteiger charge is -2.56. The lowest BCUT2D eigenvalue weighted by Crippen LogP contribution is -2.45. The van der Waals surface area contributed by atoms with Crippen LogP contribution in [0, 0.1) is 40.9 Å². The van der Waals surface area contributed by atoms with Gasteiger partial charge in [-0.25, -0.2) is 0 Å². The summed E-state index contributed by atoms with van der Waals surface area (Å²) in [6, 6.07) is 0. The largest absolute Gasteiger partial charge is 0.481 e. The van der Waals surface area contributed by atoms with Crippen molar-refractivity contribution in [3.63, 3.8) is 0 Å². The third kappa shape index (κ3) is 5.57. The summed E-state index contributed by atoms with van der Waals surface area (Å²) in [6.45, 7) is 2.93. The van der Waals surface area contributed by atoms with E-state index in [0.29, 0.717) is 17.8 Å². The molecule has 0 radical (unpaired) electrons. The van der Waals surface area contributed by atoms with Gasteiger partial charge in [-0.2, -0.15) is 0 Å². The summed E-state index contributed by atoms with van der Waals surface area (Å²) in [7, 11) is 0. The highest BCUT2D eigenvalue weighted by Crippen LogP contribution is 2.62. The van der Waals surface area contributed by atoms with E-state index in [1.807, 2.05) is 0 Å². The Morgan fingerprint density at radius 1 is 0.972 bits per heavy atom. The zero-order valence-corrected chi connectivity index (χ0v) is 21.9. The van der Waals surface area contributed by atoms with E-state index in [-0.39, 0.29) is 36.3 Å². The Hall–Kier alpha value is -2.11. The van der Waals surface area contributed by atoms with Crippen molar-refractivity contribution in [1.29, 1.82) is 0 Å². The van der Waals surface area contributed by atoms with E-state index in [9.17, 15) is 14.4 Å². The average Bonchev–Trinajstić information content (AvgIpc) is 3.29. The summed E-state index contributed by atoms with van der Waals surface area (Å²) in [4.78, 5) is 35.0. The normalized spacial score (nSPS) is 39.9. The van der Waals surface area contributed by atoms with Crippen LogP contribution in [-0.2, 0) is 23.9 Å². The molecule has 0 heterocycles. The summed E-state index contributed by atoms with van der Waals surface area (Å²) >= 11 is 0. The van der Waals surface area contributed by atoms with Crippen LogP contribution >= 0.6 is 0 Å². The first kappa shape index (κ1) is 25.5. The summed E-state index contributed by atoms with van der Waals surface area (Å²) in [6.07, 6.45) is 17.5. The summed E-state index contributed by atoms with van der Waals surface area (Å²) in [5.41, 5.74) is 1.71. The molecule has 6 heteroatoms. The van der Waals surface area contributed by atoms with Crippen LogP contribution in [-0.4, -0.2) is 29.1 Å². The Labute approximate surface area is 214 Å². The number of rotatable bonds is 9. The molecule has 0 saturated heterocycles. The molecule has 0 aromatic carbocycles. The molecule has 1 N–H and O–H groups in total. The standard InChI is InChI=1S/C30H42O6/c1-18(31)35-26(7-8-30-15-21-9-22(16-30)11-23(10-21)17-30)29-25-13-20(5-3-4-6-28(33)34)12-24(25)14-27(29)36-19(2)32/h5,7,21-25,27,29H,3-4,6,8-17H2,1-2H3,(H,33,34)/b20-5+,26-7?/t21?,22?,23?,24-,25-,27+,29-,30?/m1/s1. The minimum atomic E-state index is -0.754. The third-order valence-electron chi connectivity index (χ3n) is 9.86. The van der Waals surface area contributed by atoms with E-state index < -0.39 is 5.97 Å². The first-order valence-electron chi connectivity index (χ1n) is 14.1. The van der Waals surface area contributed by atoms with E-state index in [2.05, 4.69) is 12.2 Å². The number of carbonyl (C=O) groups is 3. The second kappa shape index (κ2) is 10.3. The average molecular weight is 499 g/mol. The van der Waals surface area contributed by atoms with Crippen molar-refractivity contribution in [3.05, 3.63) is 23.5 Å². The molecule has 6 fully saturated rings. The second-order valence-corrected chi connectivity index (χ2v) is 12.7. The SMILES string of the molecule is CC(=O)OC(=CCC12CC3CC(CC(C3)C1)C2)[C@H]1[C@@H]2C/C(=C/CCCC(=O)O)C[C@@H]2C[C@@H]1OC(C)=O. The molecule has 6 saturated carbocycles. The van der Waals surface area contributed by atoms with Gasteiger partial charge in [-0.05, 0) is 118 Å². The molecule has 0 amide bonds. The zero-order chi connectivity index (χ0) is 25.4. The van der Waals surface area contributed by atoms with E-state index in [1.165, 1.54) is 57.9 Å². The maximum Gasteiger partial charge on any atom is 0.307 e. The van der Waals surface area contributed by atoms with Gasteiger partial charge >= 0.3 is 17.9 Å². The molecule has 4 atom stereocenters. The zero-order valence-electron chi connectivity index (χ0n) is 21.9. The number of fused-ring (bicyclic) bond motifs is 1. The van der Waals surface area contributed by atoms with E-state index in [1.54, 1.807) is 0 Å². The van der Waals surface area contributed by atoms with Crippen LogP contribution in [0.15, 0.2) is 23.5 Å². The van der Waals surface area contributed by atoms with Crippen LogP contribution in [0.4, 0.5) is 0 Å². The summed E-state index contributed by atoms with van der Waals surface area (Å²) in [5, 5.41) is 8.91. The molecule has 0 aromatic rings. The number of carboxylic acid groups (broad SMARTS) is 1. The highest BCUT2D eigenvalue weighted by atomic mass is 16.6. The number of esters is 2. The quantitative estimate of drug-likeness (QED) is 0.176. The molecular weight excluding hydrogens is 456 g/mol. The van der Waals surface area contributed by atoms with Gasteiger partial charge in [0, 0.05) is 20.3 Å². The summed E-state index contributed by atoms with van der Waals surface area (Å²) < 4.78 is 11.7. The molecule has 198 valence electrons. The van der Waals surface area contributed by atoms with Crippen LogP contribution in [0.1, 0.15) is 97.3 Å². The van der Waals surface area contributed by atoms with Gasteiger partial charge in [0.25, 0.3) is 0 Å². The Morgan fingerprint density at radius 3 is 2.22 bits per heavy atom. The van der Waals surface area contributed by atoms with E-state index in [4.69, 9.17) is 14.6 Å². The Kier molecular flexibility index (Phi) is 7.33. The number of aliphatic carboxylic acids is 1. The number of carbonyl (C=O) groups excluding carboxylic acids is 2. The van der Waals surface area contributed by atoms with Crippen LogP contribution in [0.25, 0.3) is 0 Å². The van der Waals surface area contributed by atoms with E-state index in [0.717, 1.165) is 55.6 Å². The Morgan fingerprint density at radius 2 is 1.64 bits per heavy atom. The third-order valence-corrected chi connectivity index (χ3v) is 9.86. The lowest BCUT2D eigenvalue weighted by atomic mass is 9.49. The van der Waals surface area contributed by atoms with Gasteiger partial charge in [0.2, 0.25) is 0 Å². The number of hydrogen-bond donors (Lipinski definition) is 1. The van der Waals surface area contributed by atoms with Gasteiger partial charge < -0.3 is 14.6 Å². The number of unbranched alkanes of at least 4 members (excludes halogenated alkanes) is 1. The van der Waals surface area contributed by atoms with Gasteiger partial charge in [-0.3, -0.25) is 14.4 Å². The minimum absolute atomic E-state index is 0.0957. The van der Waals surface area contributed by atoms with Crippen LogP contribution in [0.5, 0.6) is 0 Å². The highest BCUT2D eigenvalue weighted by Gasteiger charge is 2.52. The molecule has 6 aliphatic rings. The number of allylic oxidation sites excluding steroid dienone is 3. The van der Waals surface area contributed by atoms with Gasteiger partial charge in [-0.1, -0.05) is 11.6 Å². The van der Waals surface area contributed by atoms with Crippen LogP contribution < -0.4 is 0 Å². The molecule has 0 unspecified atom stereocenters. The van der Waals surface area contributed by atoms with Crippen molar-refractivity contribution in [3.8, 4) is 0 Å². The van der Waals surface area contributed by atoms with Crippen molar-refractivity contribution >= 4 is 17.9 Å². The lowest BCUT2D eigenvalue weighted by molar-refractivity contribution is -0.149. The van der Waals surface area contributed by atoms with Crippen molar-refractivity contribution in [2.75, 3.05) is 0 Å². The van der Waals surface area contributed by atoms with Crippen LogP contribution in [0.3, 0.4) is 0 Å². The molecule has 4 bridgehead atoms. The van der Waals surface area contributed by atoms with Crippen molar-refractivity contribution in [2.24, 2.45) is 40.9 Å². The van der Waals surface area contributed by atoms with Gasteiger partial charge in [0.05, 0.1) is 5.92 Å². The fourth-order valence-corrected chi connectivity index (χ4v) is 9.16. The Balaban J connectivity index is 1.35. The molecule has 0 spiro atoms. The number of ether oxygens (including phenoxy) is 2. The first-order valence-corrected chi connectivity index (χ1v) is 14.1. The molecule has 36 heavy (non-hydrogen) atoms. The Bertz CT molecular complexity index is 910. The maximum atomic E-state index is 12.2. The van der Waals surface area contributed by atoms with Crippen molar-refractivity contribution in [1.82, 2.24) is 0 Å².